The molecule has 0 saturated carbocycles. The van der Waals surface area contributed by atoms with E-state index in [4.69, 9.17) is 28.3 Å². The van der Waals surface area contributed by atoms with E-state index in [1.165, 1.54) is 11.3 Å². The fraction of sp³-hybridized carbons (Fsp3) is 0.200. The molecule has 0 aliphatic carbocycles. The Hall–Kier alpha value is -2.04. The molecule has 0 spiro atoms. The van der Waals surface area contributed by atoms with E-state index in [-0.39, 0.29) is 25.5 Å². The summed E-state index contributed by atoms with van der Waals surface area (Å²) in [5.74, 6) is 6.05. The third kappa shape index (κ3) is 6.07. The number of halogens is 1. The number of nitrogens with two attached hydrogens (primary N) is 2. The minimum Gasteiger partial charge on any atom is -0.395 e. The van der Waals surface area contributed by atoms with Crippen molar-refractivity contribution < 1.29 is 9.32 Å². The standard InChI is InChI=1S/C15H19ClN6O2S/c16-12-3-4-13(19-9-12)10-22(18)21-15(17)11-1-5-14(6-2-11)25(24)20-7-8-23/h1-6,9,20,23H,7-8,10,18H2,(H2,17,21). The Balaban J connectivity index is 2.00. The van der Waals surface area contributed by atoms with E-state index in [1.54, 1.807) is 36.4 Å². The molecule has 8 nitrogen and oxygen atoms in total. The van der Waals surface area contributed by atoms with Crippen molar-refractivity contribution in [2.45, 2.75) is 11.4 Å². The van der Waals surface area contributed by atoms with E-state index in [2.05, 4.69) is 14.8 Å². The Kier molecular flexibility index (Phi) is 7.29. The molecule has 134 valence electrons. The Bertz CT molecular complexity index is 739. The van der Waals surface area contributed by atoms with Crippen LogP contribution in [0.15, 0.2) is 52.6 Å². The molecule has 1 heterocycles. The molecule has 10 heteroatoms. The molecule has 25 heavy (non-hydrogen) atoms. The number of nitrogens with one attached hydrogen (secondary N) is 1. The summed E-state index contributed by atoms with van der Waals surface area (Å²) in [5, 5.41) is 14.5. The Morgan fingerprint density at radius 1 is 1.32 bits per heavy atom. The van der Waals surface area contributed by atoms with E-state index in [0.717, 1.165) is 0 Å². The Morgan fingerprint density at radius 3 is 2.64 bits per heavy atom. The van der Waals surface area contributed by atoms with Gasteiger partial charge in [0, 0.05) is 18.3 Å². The van der Waals surface area contributed by atoms with Crippen LogP contribution in [0.4, 0.5) is 0 Å². The van der Waals surface area contributed by atoms with Gasteiger partial charge in [0.25, 0.3) is 0 Å². The van der Waals surface area contributed by atoms with Crippen LogP contribution in [0.2, 0.25) is 5.02 Å². The predicted molar refractivity (Wildman–Crippen MR) is 97.6 cm³/mol. The lowest BCUT2D eigenvalue weighted by Crippen LogP contribution is -2.29. The molecule has 6 N–H and O–H groups in total. The molecule has 0 aliphatic heterocycles. The van der Waals surface area contributed by atoms with Crippen LogP contribution >= 0.6 is 11.6 Å². The molecule has 0 amide bonds. The smallest absolute Gasteiger partial charge is 0.152 e. The van der Waals surface area contributed by atoms with Crippen LogP contribution in [-0.4, -0.2) is 38.4 Å². The minimum atomic E-state index is -1.39. The first-order valence-corrected chi connectivity index (χ1v) is 8.85. The molecule has 1 aromatic carbocycles. The number of aliphatic hydroxyl groups excluding tert-OH is 1. The molecular weight excluding hydrogens is 364 g/mol. The fourth-order valence-electron chi connectivity index (χ4n) is 1.87. The summed E-state index contributed by atoms with van der Waals surface area (Å²) >= 11 is 5.78. The highest BCUT2D eigenvalue weighted by molar-refractivity contribution is 7.83. The minimum absolute atomic E-state index is 0.0851. The maximum absolute atomic E-state index is 11.9. The number of hydrogen-bond acceptors (Lipinski definition) is 6. The van der Waals surface area contributed by atoms with Crippen LogP contribution in [0.25, 0.3) is 0 Å². The van der Waals surface area contributed by atoms with Crippen LogP contribution in [0.1, 0.15) is 11.3 Å². The van der Waals surface area contributed by atoms with Crippen molar-refractivity contribution in [3.8, 4) is 0 Å². The number of hydrazone groups is 1. The molecule has 2 rings (SSSR count). The summed E-state index contributed by atoms with van der Waals surface area (Å²) in [5.41, 5.74) is 7.28. The van der Waals surface area contributed by atoms with E-state index in [9.17, 15) is 4.21 Å². The molecule has 0 fully saturated rings. The highest BCUT2D eigenvalue weighted by Crippen LogP contribution is 2.09. The molecule has 0 bridgehead atoms. The highest BCUT2D eigenvalue weighted by Gasteiger charge is 2.06. The van der Waals surface area contributed by atoms with Gasteiger partial charge in [-0.2, -0.15) is 0 Å². The van der Waals surface area contributed by atoms with Gasteiger partial charge in [0.05, 0.1) is 28.8 Å². The van der Waals surface area contributed by atoms with Gasteiger partial charge in [-0.1, -0.05) is 11.6 Å². The average Bonchev–Trinajstić information content (AvgIpc) is 2.61. The van der Waals surface area contributed by atoms with E-state index >= 15 is 0 Å². The van der Waals surface area contributed by atoms with Crippen LogP contribution in [-0.2, 0) is 17.5 Å². The van der Waals surface area contributed by atoms with E-state index in [1.807, 2.05) is 0 Å². The van der Waals surface area contributed by atoms with Crippen molar-refractivity contribution >= 4 is 28.4 Å². The molecule has 1 aromatic heterocycles. The molecule has 0 radical (unpaired) electrons. The van der Waals surface area contributed by atoms with Gasteiger partial charge in [-0.3, -0.25) is 4.98 Å². The number of pyridine rings is 1. The predicted octanol–water partition coefficient (Wildman–Crippen LogP) is 0.336. The van der Waals surface area contributed by atoms with Crippen molar-refractivity contribution in [3.05, 3.63) is 58.9 Å². The topological polar surface area (TPSA) is 130 Å². The summed E-state index contributed by atoms with van der Waals surface area (Å²) in [6.45, 7) is 0.433. The summed E-state index contributed by atoms with van der Waals surface area (Å²) in [4.78, 5) is 4.70. The first kappa shape index (κ1) is 19.3. The van der Waals surface area contributed by atoms with Gasteiger partial charge in [-0.15, -0.1) is 5.10 Å². The third-order valence-corrected chi connectivity index (χ3v) is 4.45. The highest BCUT2D eigenvalue weighted by atomic mass is 35.5. The lowest BCUT2D eigenvalue weighted by atomic mass is 10.2. The van der Waals surface area contributed by atoms with Gasteiger partial charge >= 0.3 is 0 Å². The van der Waals surface area contributed by atoms with Gasteiger partial charge in [0.1, 0.15) is 11.0 Å². The SMILES string of the molecule is N/C(=N\N(N)Cc1ccc(Cl)cn1)c1ccc(S(=O)NCCO)cc1. The van der Waals surface area contributed by atoms with E-state index < -0.39 is 11.0 Å². The molecule has 0 saturated heterocycles. The molecule has 2 aromatic rings. The average molecular weight is 383 g/mol. The molecule has 0 aliphatic rings. The third-order valence-electron chi connectivity index (χ3n) is 3.06. The number of benzene rings is 1. The van der Waals surface area contributed by atoms with Crippen molar-refractivity contribution in [1.29, 1.82) is 0 Å². The second kappa shape index (κ2) is 9.44. The zero-order chi connectivity index (χ0) is 18.2. The number of aromatic nitrogens is 1. The number of hydrogen-bond donors (Lipinski definition) is 4. The molecule has 1 atom stereocenters. The lowest BCUT2D eigenvalue weighted by Gasteiger charge is -2.13. The van der Waals surface area contributed by atoms with Crippen molar-refractivity contribution in [2.24, 2.45) is 16.7 Å². The monoisotopic (exact) mass is 382 g/mol. The summed E-state index contributed by atoms with van der Waals surface area (Å²) in [6, 6.07) is 10.2. The quantitative estimate of drug-likeness (QED) is 0.225. The van der Waals surface area contributed by atoms with Crippen LogP contribution in [0, 0.1) is 0 Å². The van der Waals surface area contributed by atoms with Crippen LogP contribution < -0.4 is 16.3 Å². The number of nitrogens with zero attached hydrogens (tertiary/aromatic N) is 3. The Labute approximate surface area is 153 Å². The molecular formula is C15H19ClN6O2S. The summed E-state index contributed by atoms with van der Waals surface area (Å²) in [6.07, 6.45) is 1.53. The van der Waals surface area contributed by atoms with Gasteiger partial charge in [0.2, 0.25) is 0 Å². The zero-order valence-corrected chi connectivity index (χ0v) is 14.9. The van der Waals surface area contributed by atoms with Crippen LogP contribution in [0.3, 0.4) is 0 Å². The first-order chi connectivity index (χ1) is 12.0. The fourth-order valence-corrected chi connectivity index (χ4v) is 2.81. The van der Waals surface area contributed by atoms with Crippen LogP contribution in [0.5, 0.6) is 0 Å². The van der Waals surface area contributed by atoms with Gasteiger partial charge in [-0.05, 0) is 36.4 Å². The zero-order valence-electron chi connectivity index (χ0n) is 13.3. The number of hydrazine groups is 1. The maximum atomic E-state index is 11.9. The number of amidine groups is 1. The van der Waals surface area contributed by atoms with Gasteiger partial charge in [0.15, 0.2) is 5.84 Å². The van der Waals surface area contributed by atoms with Gasteiger partial charge in [-0.25, -0.2) is 19.9 Å². The van der Waals surface area contributed by atoms with Crippen molar-refractivity contribution in [3.63, 3.8) is 0 Å². The number of aliphatic hydroxyl groups is 1. The van der Waals surface area contributed by atoms with Crippen molar-refractivity contribution in [1.82, 2.24) is 14.8 Å². The Morgan fingerprint density at radius 2 is 2.04 bits per heavy atom. The molecule has 1 unspecified atom stereocenters. The maximum Gasteiger partial charge on any atom is 0.152 e. The largest absolute Gasteiger partial charge is 0.395 e. The second-order valence-corrected chi connectivity index (χ2v) is 6.70. The lowest BCUT2D eigenvalue weighted by molar-refractivity contribution is 0.286. The summed E-state index contributed by atoms with van der Waals surface area (Å²) in [7, 11) is -1.39. The van der Waals surface area contributed by atoms with E-state index in [0.29, 0.717) is 21.2 Å². The summed E-state index contributed by atoms with van der Waals surface area (Å²) < 4.78 is 14.5. The number of rotatable bonds is 8. The normalized spacial score (nSPS) is 12.8. The first-order valence-electron chi connectivity index (χ1n) is 7.33. The second-order valence-electron chi connectivity index (χ2n) is 4.96. The van der Waals surface area contributed by atoms with Crippen molar-refractivity contribution in [2.75, 3.05) is 13.2 Å². The van der Waals surface area contributed by atoms with Gasteiger partial charge < -0.3 is 10.8 Å².